The Hall–Kier alpha value is -1.88. The first-order chi connectivity index (χ1) is 10.2. The first kappa shape index (κ1) is 15.5. The molecule has 1 heterocycles. The summed E-state index contributed by atoms with van der Waals surface area (Å²) >= 11 is 0. The summed E-state index contributed by atoms with van der Waals surface area (Å²) in [6.07, 6.45) is 0.946. The third-order valence-corrected chi connectivity index (χ3v) is 3.83. The van der Waals surface area contributed by atoms with Crippen LogP contribution in [-0.4, -0.2) is 49.8 Å². The quantitative estimate of drug-likeness (QED) is 0.722. The van der Waals surface area contributed by atoms with Gasteiger partial charge in [0.15, 0.2) is 5.71 Å². The monoisotopic (exact) mass is 289 g/mol. The van der Waals surface area contributed by atoms with Crippen LogP contribution < -0.4 is 4.90 Å². The molecule has 0 spiro atoms. The minimum absolute atomic E-state index is 0.0717. The normalized spacial score (nSPS) is 15.9. The van der Waals surface area contributed by atoms with Crippen molar-refractivity contribution in [2.24, 2.45) is 5.16 Å². The number of anilines is 1. The number of oxime groups is 1. The van der Waals surface area contributed by atoms with Crippen LogP contribution in [0.2, 0.25) is 0 Å². The van der Waals surface area contributed by atoms with Gasteiger partial charge in [-0.1, -0.05) is 37.2 Å². The average Bonchev–Trinajstić information content (AvgIpc) is 2.77. The second-order valence-electron chi connectivity index (χ2n) is 4.98. The predicted molar refractivity (Wildman–Crippen MR) is 84.7 cm³/mol. The molecule has 2 rings (SSSR count). The number of carbonyl (C=O) groups is 1. The molecule has 0 saturated heterocycles. The van der Waals surface area contributed by atoms with Crippen molar-refractivity contribution in [1.82, 2.24) is 4.90 Å². The van der Waals surface area contributed by atoms with Gasteiger partial charge in [0.2, 0.25) is 0 Å². The Morgan fingerprint density at radius 3 is 2.62 bits per heavy atom. The van der Waals surface area contributed by atoms with Crippen molar-refractivity contribution in [3.05, 3.63) is 29.8 Å². The summed E-state index contributed by atoms with van der Waals surface area (Å²) < 4.78 is 0. The van der Waals surface area contributed by atoms with E-state index < -0.39 is 0 Å². The maximum absolute atomic E-state index is 12.5. The van der Waals surface area contributed by atoms with Gasteiger partial charge < -0.3 is 14.6 Å². The van der Waals surface area contributed by atoms with Gasteiger partial charge in [0.25, 0.3) is 5.91 Å². The zero-order chi connectivity index (χ0) is 15.2. The van der Waals surface area contributed by atoms with Crippen molar-refractivity contribution in [3.63, 3.8) is 0 Å². The fourth-order valence-corrected chi connectivity index (χ4v) is 2.66. The van der Waals surface area contributed by atoms with Crippen molar-refractivity contribution in [1.29, 1.82) is 0 Å². The molecule has 0 saturated carbocycles. The number of hydrogen-bond donors (Lipinski definition) is 0. The smallest absolute Gasteiger partial charge is 0.281 e. The summed E-state index contributed by atoms with van der Waals surface area (Å²) in [5.41, 5.74) is 2.18. The van der Waals surface area contributed by atoms with Gasteiger partial charge in [-0.2, -0.15) is 0 Å². The largest absolute Gasteiger partial charge is 0.398 e. The molecule has 1 aromatic carbocycles. The van der Waals surface area contributed by atoms with Crippen molar-refractivity contribution < 1.29 is 9.63 Å². The molecule has 114 valence electrons. The molecular weight excluding hydrogens is 266 g/mol. The van der Waals surface area contributed by atoms with E-state index in [1.165, 1.54) is 7.11 Å². The summed E-state index contributed by atoms with van der Waals surface area (Å²) in [6, 6.07) is 7.73. The Kier molecular flexibility index (Phi) is 5.33. The third kappa shape index (κ3) is 3.24. The van der Waals surface area contributed by atoms with Crippen LogP contribution in [0, 0.1) is 0 Å². The van der Waals surface area contributed by atoms with E-state index in [0.29, 0.717) is 12.3 Å². The fraction of sp³-hybridized carbons (Fsp3) is 0.500. The van der Waals surface area contributed by atoms with E-state index >= 15 is 0 Å². The molecule has 0 aliphatic carbocycles. The highest BCUT2D eigenvalue weighted by atomic mass is 16.6. The first-order valence-corrected chi connectivity index (χ1v) is 7.47. The Morgan fingerprint density at radius 1 is 1.24 bits per heavy atom. The van der Waals surface area contributed by atoms with Crippen LogP contribution in [0.5, 0.6) is 0 Å². The van der Waals surface area contributed by atoms with Gasteiger partial charge in [-0.3, -0.25) is 4.79 Å². The standard InChI is InChI=1S/C16H23N3O2/c1-4-18(5-2)11-8-12-19-14-10-7-6-9-13(14)15(16(19)20)17-21-3/h6-7,9-10H,4-5,8,11-12H2,1-3H3/b17-15-. The highest BCUT2D eigenvalue weighted by Gasteiger charge is 2.33. The fourth-order valence-electron chi connectivity index (χ4n) is 2.66. The second kappa shape index (κ2) is 7.22. The molecule has 0 unspecified atom stereocenters. The van der Waals surface area contributed by atoms with E-state index in [0.717, 1.165) is 37.3 Å². The molecule has 0 N–H and O–H groups in total. The van der Waals surface area contributed by atoms with Gasteiger partial charge in [-0.15, -0.1) is 0 Å². The molecule has 0 bridgehead atoms. The zero-order valence-electron chi connectivity index (χ0n) is 13.0. The lowest BCUT2D eigenvalue weighted by Gasteiger charge is -2.21. The van der Waals surface area contributed by atoms with Crippen molar-refractivity contribution in [2.75, 3.05) is 38.2 Å². The lowest BCUT2D eigenvalue weighted by Crippen LogP contribution is -2.33. The Labute approximate surface area is 126 Å². The lowest BCUT2D eigenvalue weighted by molar-refractivity contribution is -0.112. The molecule has 5 nitrogen and oxygen atoms in total. The summed E-state index contributed by atoms with van der Waals surface area (Å²) in [5, 5.41) is 3.89. The van der Waals surface area contributed by atoms with E-state index in [2.05, 4.69) is 23.9 Å². The highest BCUT2D eigenvalue weighted by Crippen LogP contribution is 2.29. The number of rotatable bonds is 7. The predicted octanol–water partition coefficient (Wildman–Crippen LogP) is 2.12. The van der Waals surface area contributed by atoms with E-state index in [-0.39, 0.29) is 5.91 Å². The first-order valence-electron chi connectivity index (χ1n) is 7.47. The Morgan fingerprint density at radius 2 is 1.95 bits per heavy atom. The Bertz CT molecular complexity index is 524. The van der Waals surface area contributed by atoms with Crippen LogP contribution in [0.3, 0.4) is 0 Å². The third-order valence-electron chi connectivity index (χ3n) is 3.83. The van der Waals surface area contributed by atoms with Gasteiger partial charge in [0.05, 0.1) is 5.69 Å². The van der Waals surface area contributed by atoms with Crippen molar-refractivity contribution >= 4 is 17.3 Å². The lowest BCUT2D eigenvalue weighted by atomic mass is 10.1. The molecule has 5 heteroatoms. The van der Waals surface area contributed by atoms with E-state index in [4.69, 9.17) is 4.84 Å². The van der Waals surface area contributed by atoms with Crippen LogP contribution >= 0.6 is 0 Å². The SMILES string of the molecule is CCN(CC)CCCN1C(=O)/C(=N\OC)c2ccccc21. The maximum Gasteiger partial charge on any atom is 0.281 e. The number of nitrogens with zero attached hydrogens (tertiary/aromatic N) is 3. The van der Waals surface area contributed by atoms with Crippen LogP contribution in [-0.2, 0) is 9.63 Å². The topological polar surface area (TPSA) is 45.1 Å². The van der Waals surface area contributed by atoms with Gasteiger partial charge in [0, 0.05) is 12.1 Å². The zero-order valence-corrected chi connectivity index (χ0v) is 13.0. The molecule has 0 aromatic heterocycles. The van der Waals surface area contributed by atoms with Gasteiger partial charge in [-0.25, -0.2) is 0 Å². The molecule has 1 aromatic rings. The molecule has 21 heavy (non-hydrogen) atoms. The number of fused-ring (bicyclic) bond motifs is 1. The van der Waals surface area contributed by atoms with E-state index in [1.807, 2.05) is 24.3 Å². The number of amides is 1. The van der Waals surface area contributed by atoms with E-state index in [1.54, 1.807) is 4.90 Å². The maximum atomic E-state index is 12.5. The number of carbonyl (C=O) groups excluding carboxylic acids is 1. The van der Waals surface area contributed by atoms with Crippen molar-refractivity contribution in [3.8, 4) is 0 Å². The highest BCUT2D eigenvalue weighted by molar-refractivity contribution is 6.54. The van der Waals surface area contributed by atoms with Crippen LogP contribution in [0.4, 0.5) is 5.69 Å². The van der Waals surface area contributed by atoms with Crippen molar-refractivity contribution in [2.45, 2.75) is 20.3 Å². The summed E-state index contributed by atoms with van der Waals surface area (Å²) in [6.45, 7) is 8.09. The molecular formula is C16H23N3O2. The van der Waals surface area contributed by atoms with Crippen LogP contribution in [0.25, 0.3) is 0 Å². The van der Waals surface area contributed by atoms with Crippen LogP contribution in [0.15, 0.2) is 29.4 Å². The Balaban J connectivity index is 2.10. The molecule has 0 radical (unpaired) electrons. The molecule has 0 fully saturated rings. The summed E-state index contributed by atoms with van der Waals surface area (Å²) in [4.78, 5) is 21.4. The summed E-state index contributed by atoms with van der Waals surface area (Å²) in [5.74, 6) is -0.0717. The number of benzene rings is 1. The van der Waals surface area contributed by atoms with E-state index in [9.17, 15) is 4.79 Å². The van der Waals surface area contributed by atoms with Gasteiger partial charge in [0.1, 0.15) is 7.11 Å². The molecule has 0 atom stereocenters. The minimum atomic E-state index is -0.0717. The van der Waals surface area contributed by atoms with Crippen LogP contribution in [0.1, 0.15) is 25.8 Å². The second-order valence-corrected chi connectivity index (χ2v) is 4.98. The van der Waals surface area contributed by atoms with Gasteiger partial charge in [-0.05, 0) is 32.1 Å². The number of para-hydroxylation sites is 1. The van der Waals surface area contributed by atoms with Gasteiger partial charge >= 0.3 is 0 Å². The molecule has 1 amide bonds. The summed E-state index contributed by atoms with van der Waals surface area (Å²) in [7, 11) is 1.46. The molecule has 1 aliphatic rings. The minimum Gasteiger partial charge on any atom is -0.398 e. The average molecular weight is 289 g/mol. The molecule has 1 aliphatic heterocycles. The number of hydrogen-bond acceptors (Lipinski definition) is 4.